The fourth-order valence-electron chi connectivity index (χ4n) is 1.24. The lowest BCUT2D eigenvalue weighted by atomic mass is 10.0. The molecule has 0 heterocycles. The van der Waals surface area contributed by atoms with Gasteiger partial charge in [-0.15, -0.1) is 0 Å². The normalized spacial score (nSPS) is 16.2. The van der Waals surface area contributed by atoms with Crippen molar-refractivity contribution >= 4 is 12.3 Å². The van der Waals surface area contributed by atoms with Gasteiger partial charge in [0.25, 0.3) is 0 Å². The van der Waals surface area contributed by atoms with Gasteiger partial charge in [-0.1, -0.05) is 33.6 Å². The Morgan fingerprint density at radius 1 is 1.44 bits per heavy atom. The van der Waals surface area contributed by atoms with E-state index in [4.69, 9.17) is 10.5 Å². The molecule has 93 valence electrons. The molecule has 1 radical (unpaired) electrons. The van der Waals surface area contributed by atoms with Crippen molar-refractivity contribution in [1.82, 2.24) is 0 Å². The van der Waals surface area contributed by atoms with Gasteiger partial charge in [0, 0.05) is 0 Å². The van der Waals surface area contributed by atoms with Gasteiger partial charge in [-0.05, 0) is 18.8 Å². The Bertz CT molecular complexity index is 218. The number of hydrogen-bond donors (Lipinski definition) is 1. The first kappa shape index (κ1) is 15.1. The number of unbranched alkanes of at least 4 members (excludes halogenated alkanes) is 1. The number of hydrogen-bond acceptors (Lipinski definition) is 4. The highest BCUT2D eigenvalue weighted by Gasteiger charge is 2.24. The number of rotatable bonds is 8. The molecule has 0 spiro atoms. The maximum atomic E-state index is 11.5. The van der Waals surface area contributed by atoms with Gasteiger partial charge >= 0.3 is 5.97 Å². The number of carbonyl (C=O) groups excluding carboxylic acids is 2. The zero-order chi connectivity index (χ0) is 12.6. The maximum absolute atomic E-state index is 11.5. The van der Waals surface area contributed by atoms with Crippen LogP contribution in [-0.4, -0.2) is 24.4 Å². The Balaban J connectivity index is 4.13. The molecule has 0 fully saturated rings. The lowest BCUT2D eigenvalue weighted by Crippen LogP contribution is -2.40. The van der Waals surface area contributed by atoms with E-state index >= 15 is 0 Å². The molecule has 0 aromatic rings. The second kappa shape index (κ2) is 8.28. The van der Waals surface area contributed by atoms with Crippen molar-refractivity contribution in [2.24, 2.45) is 11.7 Å². The molecule has 0 saturated heterocycles. The zero-order valence-corrected chi connectivity index (χ0v) is 10.4. The Morgan fingerprint density at radius 3 is 2.50 bits per heavy atom. The summed E-state index contributed by atoms with van der Waals surface area (Å²) in [6.45, 7) is 5.85. The fourth-order valence-corrected chi connectivity index (χ4v) is 1.24. The Morgan fingerprint density at radius 2 is 2.06 bits per heavy atom. The molecule has 3 atom stereocenters. The van der Waals surface area contributed by atoms with Crippen molar-refractivity contribution in [3.63, 3.8) is 0 Å². The third kappa shape index (κ3) is 5.26. The van der Waals surface area contributed by atoms with Crippen molar-refractivity contribution in [3.8, 4) is 0 Å². The van der Waals surface area contributed by atoms with Crippen LogP contribution in [0.1, 0.15) is 46.5 Å². The molecule has 4 nitrogen and oxygen atoms in total. The molecule has 0 amide bonds. The third-order valence-electron chi connectivity index (χ3n) is 2.74. The van der Waals surface area contributed by atoms with E-state index in [0.29, 0.717) is 6.42 Å². The van der Waals surface area contributed by atoms with Gasteiger partial charge in [0.15, 0.2) is 6.10 Å². The summed E-state index contributed by atoms with van der Waals surface area (Å²) in [5.41, 5.74) is 5.70. The minimum absolute atomic E-state index is 0.0611. The Kier molecular flexibility index (Phi) is 7.81. The van der Waals surface area contributed by atoms with Gasteiger partial charge in [-0.25, -0.2) is 0 Å². The molecular weight excluding hydrogens is 206 g/mol. The molecule has 1 unspecified atom stereocenters. The maximum Gasteiger partial charge on any atom is 0.323 e. The smallest absolute Gasteiger partial charge is 0.323 e. The Hall–Kier alpha value is -0.900. The first-order valence-corrected chi connectivity index (χ1v) is 5.90. The summed E-state index contributed by atoms with van der Waals surface area (Å²) >= 11 is 0. The van der Waals surface area contributed by atoms with Crippen LogP contribution in [0.25, 0.3) is 0 Å². The Labute approximate surface area is 97.5 Å². The van der Waals surface area contributed by atoms with Gasteiger partial charge in [0.1, 0.15) is 6.04 Å². The molecule has 4 heteroatoms. The lowest BCUT2D eigenvalue weighted by molar-refractivity contribution is -0.149. The van der Waals surface area contributed by atoms with E-state index in [2.05, 4.69) is 0 Å². The van der Waals surface area contributed by atoms with E-state index in [1.54, 1.807) is 6.29 Å². The van der Waals surface area contributed by atoms with Gasteiger partial charge in [-0.2, -0.15) is 0 Å². The van der Waals surface area contributed by atoms with E-state index in [1.807, 2.05) is 20.8 Å². The molecule has 0 aliphatic carbocycles. The van der Waals surface area contributed by atoms with Gasteiger partial charge in [0.05, 0.1) is 0 Å². The highest BCUT2D eigenvalue weighted by molar-refractivity contribution is 5.78. The van der Waals surface area contributed by atoms with E-state index < -0.39 is 18.1 Å². The number of ether oxygens (including phenoxy) is 1. The summed E-state index contributed by atoms with van der Waals surface area (Å²) in [5.74, 6) is -0.440. The first-order valence-electron chi connectivity index (χ1n) is 5.90. The van der Waals surface area contributed by atoms with Crippen LogP contribution in [0, 0.1) is 5.92 Å². The van der Waals surface area contributed by atoms with Crippen molar-refractivity contribution in [2.45, 2.75) is 58.6 Å². The zero-order valence-electron chi connectivity index (χ0n) is 10.4. The van der Waals surface area contributed by atoms with E-state index in [1.165, 1.54) is 0 Å². The number of nitrogens with two attached hydrogens (primary N) is 1. The summed E-state index contributed by atoms with van der Waals surface area (Å²) < 4.78 is 5.00. The molecule has 0 saturated carbocycles. The van der Waals surface area contributed by atoms with Crippen LogP contribution >= 0.6 is 0 Å². The average molecular weight is 228 g/mol. The van der Waals surface area contributed by atoms with Crippen molar-refractivity contribution < 1.29 is 14.3 Å². The topological polar surface area (TPSA) is 69.4 Å². The van der Waals surface area contributed by atoms with Crippen molar-refractivity contribution in [3.05, 3.63) is 0 Å². The predicted molar refractivity (Wildman–Crippen MR) is 62.5 cm³/mol. The van der Waals surface area contributed by atoms with Crippen LogP contribution in [0.4, 0.5) is 0 Å². The largest absolute Gasteiger partial charge is 0.453 e. The van der Waals surface area contributed by atoms with Crippen LogP contribution in [0.2, 0.25) is 0 Å². The van der Waals surface area contributed by atoms with E-state index in [9.17, 15) is 9.59 Å². The molecule has 0 aliphatic heterocycles. The van der Waals surface area contributed by atoms with Crippen LogP contribution in [0.15, 0.2) is 0 Å². The van der Waals surface area contributed by atoms with Gasteiger partial charge < -0.3 is 10.5 Å². The molecule has 0 aliphatic rings. The predicted octanol–water partition coefficient (Wildman–Crippen LogP) is 1.57. The summed E-state index contributed by atoms with van der Waals surface area (Å²) in [5, 5.41) is 0. The molecule has 0 aromatic heterocycles. The highest BCUT2D eigenvalue weighted by atomic mass is 16.5. The van der Waals surface area contributed by atoms with Crippen molar-refractivity contribution in [1.29, 1.82) is 0 Å². The highest BCUT2D eigenvalue weighted by Crippen LogP contribution is 2.09. The molecule has 16 heavy (non-hydrogen) atoms. The molecule has 2 N–H and O–H groups in total. The molecular formula is C12H22NO3. The minimum atomic E-state index is -0.762. The summed E-state index contributed by atoms with van der Waals surface area (Å²) in [6, 6.07) is -0.650. The fraction of sp³-hybridized carbons (Fsp3) is 0.833. The van der Waals surface area contributed by atoms with Gasteiger partial charge in [-0.3, -0.25) is 9.59 Å². The van der Waals surface area contributed by atoms with Crippen LogP contribution in [-0.2, 0) is 14.3 Å². The van der Waals surface area contributed by atoms with Crippen LogP contribution in [0.3, 0.4) is 0 Å². The van der Waals surface area contributed by atoms with E-state index in [0.717, 1.165) is 19.3 Å². The second-order valence-corrected chi connectivity index (χ2v) is 4.10. The monoisotopic (exact) mass is 228 g/mol. The second-order valence-electron chi connectivity index (χ2n) is 4.10. The van der Waals surface area contributed by atoms with E-state index in [-0.39, 0.29) is 5.92 Å². The molecule has 0 bridgehead atoms. The number of esters is 1. The number of carbonyl (C=O) groups is 1. The summed E-state index contributed by atoms with van der Waals surface area (Å²) in [7, 11) is 0. The SMILES string of the molecule is CCCCC([C]=O)OC(=O)[C@@H](N)[C@@H](C)CC. The molecule has 0 aromatic carbocycles. The minimum Gasteiger partial charge on any atom is -0.453 e. The third-order valence-corrected chi connectivity index (χ3v) is 2.74. The molecule has 0 rings (SSSR count). The summed E-state index contributed by atoms with van der Waals surface area (Å²) in [6.07, 6.45) is 4.09. The first-order chi connectivity index (χ1) is 7.56. The quantitative estimate of drug-likeness (QED) is 0.640. The lowest BCUT2D eigenvalue weighted by Gasteiger charge is -2.19. The summed E-state index contributed by atoms with van der Waals surface area (Å²) in [4.78, 5) is 22.1. The van der Waals surface area contributed by atoms with Crippen LogP contribution in [0.5, 0.6) is 0 Å². The average Bonchev–Trinajstić information content (AvgIpc) is 2.31. The van der Waals surface area contributed by atoms with Gasteiger partial charge in [0.2, 0.25) is 6.29 Å². The van der Waals surface area contributed by atoms with Crippen molar-refractivity contribution in [2.75, 3.05) is 0 Å². The van der Waals surface area contributed by atoms with Crippen LogP contribution < -0.4 is 5.73 Å². The standard InChI is InChI=1S/C12H22NO3/c1-4-6-7-10(8-14)16-12(15)11(13)9(3)5-2/h9-11H,4-7,13H2,1-3H3/t9-,10?,11-/m0/s1.